The van der Waals surface area contributed by atoms with Crippen molar-refractivity contribution in [2.45, 2.75) is 51.2 Å². The lowest BCUT2D eigenvalue weighted by Crippen LogP contribution is -2.33. The minimum atomic E-state index is 0.00205. The first kappa shape index (κ1) is 26.0. The number of benzene rings is 2. The standard InChI is InChI=1S/C31H35N7O2/c1-21(2)37(23-12-13-23)17-6-9-27(39)36-18-16-24(19-36)38-31-28(30(32)33-20-34-31)29(35-38)22-10-14-26(15-11-22)40-25-7-4-3-5-8-25/h3-11,14-15,20-21,23-24H,12-13,16-19H2,1-2H3,(H2,32,33,34)/t24-/m1/s1. The zero-order valence-corrected chi connectivity index (χ0v) is 23.0. The van der Waals surface area contributed by atoms with Crippen molar-refractivity contribution in [1.82, 2.24) is 29.5 Å². The Hall–Kier alpha value is -4.24. The van der Waals surface area contributed by atoms with Crippen LogP contribution >= 0.6 is 0 Å². The molecular weight excluding hydrogens is 502 g/mol. The Kier molecular flexibility index (Phi) is 7.21. The van der Waals surface area contributed by atoms with Crippen LogP contribution in [0, 0.1) is 0 Å². The van der Waals surface area contributed by atoms with Crippen molar-refractivity contribution < 1.29 is 9.53 Å². The fourth-order valence-corrected chi connectivity index (χ4v) is 5.47. The van der Waals surface area contributed by atoms with E-state index in [4.69, 9.17) is 15.6 Å². The number of fused-ring (bicyclic) bond motifs is 1. The number of likely N-dealkylation sites (tertiary alicyclic amines) is 1. The number of nitrogens with two attached hydrogens (primary N) is 1. The van der Waals surface area contributed by atoms with E-state index >= 15 is 0 Å². The van der Waals surface area contributed by atoms with E-state index in [0.717, 1.165) is 41.1 Å². The van der Waals surface area contributed by atoms with Gasteiger partial charge in [0.15, 0.2) is 5.65 Å². The van der Waals surface area contributed by atoms with E-state index in [9.17, 15) is 4.79 Å². The van der Waals surface area contributed by atoms with Gasteiger partial charge in [-0.05, 0) is 69.5 Å². The number of rotatable bonds is 9. The van der Waals surface area contributed by atoms with Crippen LogP contribution in [0.3, 0.4) is 0 Å². The Morgan fingerprint density at radius 3 is 2.55 bits per heavy atom. The normalized spacial score (nSPS) is 17.5. The molecule has 2 fully saturated rings. The van der Waals surface area contributed by atoms with Gasteiger partial charge in [0.25, 0.3) is 0 Å². The van der Waals surface area contributed by atoms with E-state index in [1.165, 1.54) is 19.2 Å². The van der Waals surface area contributed by atoms with Crippen LogP contribution in [0.2, 0.25) is 0 Å². The van der Waals surface area contributed by atoms with Crippen molar-refractivity contribution in [3.63, 3.8) is 0 Å². The summed E-state index contributed by atoms with van der Waals surface area (Å²) in [6, 6.07) is 18.6. The van der Waals surface area contributed by atoms with Gasteiger partial charge in [-0.15, -0.1) is 0 Å². The average molecular weight is 538 g/mol. The van der Waals surface area contributed by atoms with Gasteiger partial charge in [-0.2, -0.15) is 5.10 Å². The molecule has 2 aromatic heterocycles. The first-order valence-corrected chi connectivity index (χ1v) is 14.0. The Bertz CT molecular complexity index is 1510. The molecule has 4 aromatic rings. The smallest absolute Gasteiger partial charge is 0.246 e. The van der Waals surface area contributed by atoms with Crippen LogP contribution in [0.15, 0.2) is 73.1 Å². The summed E-state index contributed by atoms with van der Waals surface area (Å²) in [6.45, 7) is 6.48. The van der Waals surface area contributed by atoms with Crippen molar-refractivity contribution in [2.24, 2.45) is 0 Å². The minimum absolute atomic E-state index is 0.00205. The van der Waals surface area contributed by atoms with E-state index in [0.29, 0.717) is 36.6 Å². The quantitative estimate of drug-likeness (QED) is 0.297. The minimum Gasteiger partial charge on any atom is -0.457 e. The van der Waals surface area contributed by atoms with E-state index in [2.05, 4.69) is 28.7 Å². The lowest BCUT2D eigenvalue weighted by Gasteiger charge is -2.24. The van der Waals surface area contributed by atoms with Crippen molar-refractivity contribution >= 4 is 22.8 Å². The molecule has 2 N–H and O–H groups in total. The van der Waals surface area contributed by atoms with Crippen molar-refractivity contribution in [1.29, 1.82) is 0 Å². The van der Waals surface area contributed by atoms with Crippen LogP contribution in [0.1, 0.15) is 39.2 Å². The molecule has 1 saturated carbocycles. The van der Waals surface area contributed by atoms with Crippen LogP contribution in [-0.4, -0.2) is 67.2 Å². The van der Waals surface area contributed by atoms with E-state index in [-0.39, 0.29) is 11.9 Å². The highest BCUT2D eigenvalue weighted by atomic mass is 16.5. The topological polar surface area (TPSA) is 102 Å². The maximum absolute atomic E-state index is 13.0. The SMILES string of the molecule is CC(C)N(CC=CC(=O)N1CC[C@@H](n2nc(-c3ccc(Oc4ccccc4)cc3)c3c(N)ncnc32)C1)C1CC1. The third-order valence-corrected chi connectivity index (χ3v) is 7.70. The second-order valence-corrected chi connectivity index (χ2v) is 10.8. The predicted molar refractivity (Wildman–Crippen MR) is 156 cm³/mol. The Morgan fingerprint density at radius 1 is 1.07 bits per heavy atom. The molecule has 9 nitrogen and oxygen atoms in total. The van der Waals surface area contributed by atoms with Gasteiger partial charge in [0.2, 0.25) is 5.91 Å². The van der Waals surface area contributed by atoms with Crippen LogP contribution in [0.5, 0.6) is 11.5 Å². The fraction of sp³-hybridized carbons (Fsp3) is 0.355. The molecule has 0 radical (unpaired) electrons. The summed E-state index contributed by atoms with van der Waals surface area (Å²) in [5.41, 5.74) is 8.63. The number of carbonyl (C=O) groups is 1. The summed E-state index contributed by atoms with van der Waals surface area (Å²) in [6.07, 6.45) is 8.52. The Balaban J connectivity index is 1.19. The molecule has 9 heteroatoms. The Labute approximate surface area is 234 Å². The molecule has 0 bridgehead atoms. The molecule has 0 spiro atoms. The van der Waals surface area contributed by atoms with Gasteiger partial charge in [0.1, 0.15) is 29.3 Å². The van der Waals surface area contributed by atoms with Crippen LogP contribution in [0.4, 0.5) is 5.82 Å². The fourth-order valence-electron chi connectivity index (χ4n) is 5.47. The van der Waals surface area contributed by atoms with Crippen LogP contribution in [0.25, 0.3) is 22.3 Å². The predicted octanol–water partition coefficient (Wildman–Crippen LogP) is 5.07. The third kappa shape index (κ3) is 5.42. The van der Waals surface area contributed by atoms with Gasteiger partial charge >= 0.3 is 0 Å². The number of nitrogen functional groups attached to an aromatic ring is 1. The number of anilines is 1. The summed E-state index contributed by atoms with van der Waals surface area (Å²) in [4.78, 5) is 26.1. The number of hydrogen-bond acceptors (Lipinski definition) is 7. The molecule has 1 aliphatic heterocycles. The second-order valence-electron chi connectivity index (χ2n) is 10.8. The maximum Gasteiger partial charge on any atom is 0.246 e. The van der Waals surface area contributed by atoms with E-state index in [1.54, 1.807) is 6.08 Å². The Morgan fingerprint density at radius 2 is 1.82 bits per heavy atom. The zero-order chi connectivity index (χ0) is 27.6. The second kappa shape index (κ2) is 11.1. The van der Waals surface area contributed by atoms with E-state index in [1.807, 2.05) is 70.3 Å². The van der Waals surface area contributed by atoms with Gasteiger partial charge in [-0.3, -0.25) is 9.69 Å². The lowest BCUT2D eigenvalue weighted by atomic mass is 10.1. The first-order valence-electron chi connectivity index (χ1n) is 14.0. The summed E-state index contributed by atoms with van der Waals surface area (Å²) in [5, 5.41) is 5.69. The third-order valence-electron chi connectivity index (χ3n) is 7.70. The summed E-state index contributed by atoms with van der Waals surface area (Å²) in [7, 11) is 0. The largest absolute Gasteiger partial charge is 0.457 e. The molecule has 40 heavy (non-hydrogen) atoms. The highest BCUT2D eigenvalue weighted by molar-refractivity contribution is 5.98. The van der Waals surface area contributed by atoms with Crippen LogP contribution < -0.4 is 10.5 Å². The van der Waals surface area contributed by atoms with Crippen molar-refractivity contribution in [3.05, 3.63) is 73.1 Å². The summed E-state index contributed by atoms with van der Waals surface area (Å²) in [5.74, 6) is 1.93. The van der Waals surface area contributed by atoms with Crippen LogP contribution in [-0.2, 0) is 4.79 Å². The highest BCUT2D eigenvalue weighted by Crippen LogP contribution is 2.35. The summed E-state index contributed by atoms with van der Waals surface area (Å²) >= 11 is 0. The molecule has 2 aromatic carbocycles. The molecule has 2 aliphatic rings. The van der Waals surface area contributed by atoms with Gasteiger partial charge in [0, 0.05) is 43.4 Å². The highest BCUT2D eigenvalue weighted by Gasteiger charge is 2.31. The van der Waals surface area contributed by atoms with E-state index < -0.39 is 0 Å². The van der Waals surface area contributed by atoms with Crippen molar-refractivity contribution in [2.75, 3.05) is 25.4 Å². The lowest BCUT2D eigenvalue weighted by molar-refractivity contribution is -0.125. The number of aromatic nitrogens is 4. The number of carbonyl (C=O) groups excluding carboxylic acids is 1. The number of nitrogens with zero attached hydrogens (tertiary/aromatic N) is 6. The maximum atomic E-state index is 13.0. The molecule has 1 saturated heterocycles. The molecule has 3 heterocycles. The first-order chi connectivity index (χ1) is 19.5. The molecule has 1 amide bonds. The number of amides is 1. The molecule has 1 aliphatic carbocycles. The monoisotopic (exact) mass is 537 g/mol. The van der Waals surface area contributed by atoms with Gasteiger partial charge in [-0.1, -0.05) is 24.3 Å². The molecular formula is C31H35N7O2. The summed E-state index contributed by atoms with van der Waals surface area (Å²) < 4.78 is 7.87. The van der Waals surface area contributed by atoms with Gasteiger partial charge in [-0.25, -0.2) is 14.6 Å². The molecule has 6 rings (SSSR count). The molecule has 1 atom stereocenters. The number of hydrogen-bond donors (Lipinski definition) is 1. The van der Waals surface area contributed by atoms with Crippen molar-refractivity contribution in [3.8, 4) is 22.8 Å². The molecule has 0 unspecified atom stereocenters. The van der Waals surface area contributed by atoms with Gasteiger partial charge in [0.05, 0.1) is 11.4 Å². The zero-order valence-electron chi connectivity index (χ0n) is 23.0. The number of para-hydroxylation sites is 1. The van der Waals surface area contributed by atoms with Gasteiger partial charge < -0.3 is 15.4 Å². The molecule has 206 valence electrons. The number of ether oxygens (including phenoxy) is 1. The average Bonchev–Trinajstić information content (AvgIpc) is 3.53.